The van der Waals surface area contributed by atoms with Crippen molar-refractivity contribution < 1.29 is 4.79 Å². The lowest BCUT2D eigenvalue weighted by molar-refractivity contribution is -0.125. The van der Waals surface area contributed by atoms with E-state index in [2.05, 4.69) is 41.5 Å². The molecule has 1 unspecified atom stereocenters. The zero-order valence-electron chi connectivity index (χ0n) is 11.5. The number of aryl methyl sites for hydroxylation is 1. The van der Waals surface area contributed by atoms with Crippen molar-refractivity contribution in [1.82, 2.24) is 10.3 Å². The molecule has 1 amide bonds. The summed E-state index contributed by atoms with van der Waals surface area (Å²) in [6.07, 6.45) is 2.42. The first-order valence-corrected chi connectivity index (χ1v) is 6.99. The van der Waals surface area contributed by atoms with E-state index in [-0.39, 0.29) is 11.8 Å². The molecule has 1 aliphatic carbocycles. The highest BCUT2D eigenvalue weighted by Gasteiger charge is 2.32. The molecule has 1 aromatic heterocycles. The molecule has 0 bridgehead atoms. The first kappa shape index (κ1) is 12.3. The Hall–Kier alpha value is -1.77. The van der Waals surface area contributed by atoms with Gasteiger partial charge < -0.3 is 10.3 Å². The van der Waals surface area contributed by atoms with Gasteiger partial charge in [-0.05, 0) is 54.8 Å². The van der Waals surface area contributed by atoms with Gasteiger partial charge >= 0.3 is 0 Å². The van der Waals surface area contributed by atoms with Gasteiger partial charge in [-0.25, -0.2) is 0 Å². The number of rotatable bonds is 4. The Morgan fingerprint density at radius 1 is 1.42 bits per heavy atom. The number of aromatic amines is 1. The maximum absolute atomic E-state index is 11.9. The van der Waals surface area contributed by atoms with Gasteiger partial charge in [-0.15, -0.1) is 0 Å². The van der Waals surface area contributed by atoms with Crippen molar-refractivity contribution in [3.8, 4) is 0 Å². The van der Waals surface area contributed by atoms with Crippen LogP contribution in [-0.4, -0.2) is 10.9 Å². The lowest BCUT2D eigenvalue weighted by atomic mass is 10.1. The summed E-state index contributed by atoms with van der Waals surface area (Å²) in [7, 11) is 0. The molecular formula is C16H20N2O. The quantitative estimate of drug-likeness (QED) is 0.867. The molecule has 3 rings (SSSR count). The summed E-state index contributed by atoms with van der Waals surface area (Å²) in [6, 6.07) is 8.42. The van der Waals surface area contributed by atoms with Crippen LogP contribution in [0.5, 0.6) is 0 Å². The SMILES string of the molecule is Cc1cc2cc(CNC(=O)C(C)C3CC3)ccc2[nH]1. The van der Waals surface area contributed by atoms with Crippen LogP contribution in [0.4, 0.5) is 0 Å². The molecule has 0 spiro atoms. The predicted octanol–water partition coefficient (Wildman–Crippen LogP) is 3.14. The van der Waals surface area contributed by atoms with Crippen molar-refractivity contribution in [2.75, 3.05) is 0 Å². The summed E-state index contributed by atoms with van der Waals surface area (Å²) >= 11 is 0. The molecule has 2 N–H and O–H groups in total. The van der Waals surface area contributed by atoms with Gasteiger partial charge in [-0.1, -0.05) is 13.0 Å². The van der Waals surface area contributed by atoms with Crippen LogP contribution in [0, 0.1) is 18.8 Å². The van der Waals surface area contributed by atoms with Crippen LogP contribution in [0.2, 0.25) is 0 Å². The number of nitrogens with one attached hydrogen (secondary N) is 2. The minimum Gasteiger partial charge on any atom is -0.359 e. The van der Waals surface area contributed by atoms with Gasteiger partial charge in [0, 0.05) is 23.7 Å². The molecule has 1 atom stereocenters. The van der Waals surface area contributed by atoms with Gasteiger partial charge in [0.15, 0.2) is 0 Å². The first-order chi connectivity index (χ1) is 9.13. The molecule has 2 aromatic rings. The fourth-order valence-electron chi connectivity index (χ4n) is 2.60. The highest BCUT2D eigenvalue weighted by atomic mass is 16.1. The third-order valence-electron chi connectivity index (χ3n) is 4.03. The summed E-state index contributed by atoms with van der Waals surface area (Å²) in [5, 5.41) is 4.25. The Kier molecular flexibility index (Phi) is 3.05. The maximum Gasteiger partial charge on any atom is 0.223 e. The summed E-state index contributed by atoms with van der Waals surface area (Å²) in [5.74, 6) is 0.973. The van der Waals surface area contributed by atoms with Gasteiger partial charge in [0.2, 0.25) is 5.91 Å². The molecule has 0 saturated heterocycles. The van der Waals surface area contributed by atoms with Gasteiger partial charge in [0.05, 0.1) is 0 Å². The molecule has 1 saturated carbocycles. The van der Waals surface area contributed by atoms with Crippen molar-refractivity contribution in [3.63, 3.8) is 0 Å². The minimum atomic E-state index is 0.165. The third kappa shape index (κ3) is 2.65. The maximum atomic E-state index is 11.9. The third-order valence-corrected chi connectivity index (χ3v) is 4.03. The number of hydrogen-bond donors (Lipinski definition) is 2. The van der Waals surface area contributed by atoms with E-state index in [0.29, 0.717) is 12.5 Å². The van der Waals surface area contributed by atoms with E-state index < -0.39 is 0 Å². The van der Waals surface area contributed by atoms with Gasteiger partial charge in [-0.2, -0.15) is 0 Å². The Morgan fingerprint density at radius 3 is 2.95 bits per heavy atom. The number of H-pyrrole nitrogens is 1. The van der Waals surface area contributed by atoms with Crippen LogP contribution in [0.1, 0.15) is 31.0 Å². The van der Waals surface area contributed by atoms with E-state index in [9.17, 15) is 4.79 Å². The van der Waals surface area contributed by atoms with Crippen molar-refractivity contribution in [2.24, 2.45) is 11.8 Å². The van der Waals surface area contributed by atoms with E-state index in [1.165, 1.54) is 23.9 Å². The van der Waals surface area contributed by atoms with E-state index in [1.54, 1.807) is 0 Å². The van der Waals surface area contributed by atoms with Crippen LogP contribution in [0.15, 0.2) is 24.3 Å². The summed E-state index contributed by atoms with van der Waals surface area (Å²) in [4.78, 5) is 15.3. The summed E-state index contributed by atoms with van der Waals surface area (Å²) < 4.78 is 0. The Labute approximate surface area is 113 Å². The molecule has 1 aromatic carbocycles. The molecule has 3 heteroatoms. The summed E-state index contributed by atoms with van der Waals surface area (Å²) in [6.45, 7) is 4.71. The molecule has 0 radical (unpaired) electrons. The van der Waals surface area contributed by atoms with Crippen molar-refractivity contribution in [1.29, 1.82) is 0 Å². The van der Waals surface area contributed by atoms with Crippen LogP contribution >= 0.6 is 0 Å². The zero-order chi connectivity index (χ0) is 13.4. The molecule has 100 valence electrons. The normalized spacial score (nSPS) is 16.5. The fraction of sp³-hybridized carbons (Fsp3) is 0.438. The molecular weight excluding hydrogens is 236 g/mol. The summed E-state index contributed by atoms with van der Waals surface area (Å²) in [5.41, 5.74) is 3.47. The monoisotopic (exact) mass is 256 g/mol. The molecule has 1 fully saturated rings. The number of carbonyl (C=O) groups is 1. The van der Waals surface area contributed by atoms with Crippen molar-refractivity contribution in [2.45, 2.75) is 33.2 Å². The second-order valence-corrected chi connectivity index (χ2v) is 5.72. The Bertz CT molecular complexity index is 610. The second kappa shape index (κ2) is 4.72. The second-order valence-electron chi connectivity index (χ2n) is 5.72. The number of amides is 1. The van der Waals surface area contributed by atoms with Crippen LogP contribution in [0.25, 0.3) is 10.9 Å². The minimum absolute atomic E-state index is 0.165. The highest BCUT2D eigenvalue weighted by molar-refractivity contribution is 5.82. The van der Waals surface area contributed by atoms with E-state index >= 15 is 0 Å². The number of hydrogen-bond acceptors (Lipinski definition) is 1. The van der Waals surface area contributed by atoms with E-state index in [1.807, 2.05) is 6.92 Å². The average Bonchev–Trinajstić information content (AvgIpc) is 3.16. The highest BCUT2D eigenvalue weighted by Crippen LogP contribution is 2.36. The fourth-order valence-corrected chi connectivity index (χ4v) is 2.60. The first-order valence-electron chi connectivity index (χ1n) is 6.99. The lowest BCUT2D eigenvalue weighted by Crippen LogP contribution is -2.29. The smallest absolute Gasteiger partial charge is 0.223 e. The largest absolute Gasteiger partial charge is 0.359 e. The van der Waals surface area contributed by atoms with Gasteiger partial charge in [0.1, 0.15) is 0 Å². The zero-order valence-corrected chi connectivity index (χ0v) is 11.5. The molecule has 1 aliphatic rings. The lowest BCUT2D eigenvalue weighted by Gasteiger charge is -2.11. The number of fused-ring (bicyclic) bond motifs is 1. The molecule has 0 aliphatic heterocycles. The Balaban J connectivity index is 1.65. The van der Waals surface area contributed by atoms with Gasteiger partial charge in [0.25, 0.3) is 0 Å². The van der Waals surface area contributed by atoms with Crippen LogP contribution in [0.3, 0.4) is 0 Å². The molecule has 3 nitrogen and oxygen atoms in total. The van der Waals surface area contributed by atoms with Crippen LogP contribution < -0.4 is 5.32 Å². The molecule has 19 heavy (non-hydrogen) atoms. The number of carbonyl (C=O) groups excluding carboxylic acids is 1. The van der Waals surface area contributed by atoms with E-state index in [4.69, 9.17) is 0 Å². The van der Waals surface area contributed by atoms with Gasteiger partial charge in [-0.3, -0.25) is 4.79 Å². The van der Waals surface area contributed by atoms with Crippen molar-refractivity contribution in [3.05, 3.63) is 35.5 Å². The van der Waals surface area contributed by atoms with Crippen molar-refractivity contribution >= 4 is 16.8 Å². The average molecular weight is 256 g/mol. The number of benzene rings is 1. The Morgan fingerprint density at radius 2 is 2.21 bits per heavy atom. The standard InChI is InChI=1S/C16H20N2O/c1-10-7-14-8-12(3-6-15(14)18-10)9-17-16(19)11(2)13-4-5-13/h3,6-8,11,13,18H,4-5,9H2,1-2H3,(H,17,19). The molecule has 1 heterocycles. The topological polar surface area (TPSA) is 44.9 Å². The number of aromatic nitrogens is 1. The predicted molar refractivity (Wildman–Crippen MR) is 76.8 cm³/mol. The van der Waals surface area contributed by atoms with E-state index in [0.717, 1.165) is 11.1 Å². The van der Waals surface area contributed by atoms with Crippen LogP contribution in [-0.2, 0) is 11.3 Å².